The van der Waals surface area contributed by atoms with Gasteiger partial charge in [0.15, 0.2) is 0 Å². The average molecular weight is 311 g/mol. The monoisotopic (exact) mass is 310 g/mol. The lowest BCUT2D eigenvalue weighted by Crippen LogP contribution is -2.14. The van der Waals surface area contributed by atoms with Crippen LogP contribution in [0.5, 0.6) is 0 Å². The average Bonchev–Trinajstić information content (AvgIpc) is 2.41. The molecule has 0 radical (unpaired) electrons. The lowest BCUT2D eigenvalue weighted by Gasteiger charge is -2.07. The fraction of sp³-hybridized carbons (Fsp3) is 0. The van der Waals surface area contributed by atoms with Crippen molar-refractivity contribution in [3.63, 3.8) is 0 Å². The van der Waals surface area contributed by atoms with Crippen LogP contribution in [0.1, 0.15) is 20.8 Å². The van der Waals surface area contributed by atoms with Gasteiger partial charge in [-0.3, -0.25) is 4.79 Å². The van der Waals surface area contributed by atoms with Crippen molar-refractivity contribution in [1.29, 1.82) is 0 Å². The van der Waals surface area contributed by atoms with Gasteiger partial charge >= 0.3 is 5.97 Å². The van der Waals surface area contributed by atoms with Crippen LogP contribution in [-0.4, -0.2) is 22.0 Å². The van der Waals surface area contributed by atoms with E-state index < -0.39 is 11.9 Å². The zero-order chi connectivity index (χ0) is 14.7. The summed E-state index contributed by atoms with van der Waals surface area (Å²) >= 11 is 11.6. The fourth-order valence-electron chi connectivity index (χ4n) is 1.45. The predicted molar refractivity (Wildman–Crippen MR) is 75.6 cm³/mol. The molecule has 0 aliphatic heterocycles. The number of aromatic nitrogens is 1. The van der Waals surface area contributed by atoms with Crippen LogP contribution < -0.4 is 5.32 Å². The number of rotatable bonds is 3. The molecule has 1 aromatic carbocycles. The fourth-order valence-corrected chi connectivity index (χ4v) is 1.73. The van der Waals surface area contributed by atoms with Crippen molar-refractivity contribution >= 4 is 40.8 Å². The van der Waals surface area contributed by atoms with Crippen LogP contribution in [0, 0.1) is 0 Å². The number of nitrogens with zero attached hydrogens (tertiary/aromatic N) is 1. The normalized spacial score (nSPS) is 10.1. The number of benzene rings is 1. The van der Waals surface area contributed by atoms with E-state index in [1.165, 1.54) is 36.5 Å². The van der Waals surface area contributed by atoms with Crippen LogP contribution in [-0.2, 0) is 0 Å². The molecule has 0 fully saturated rings. The van der Waals surface area contributed by atoms with Gasteiger partial charge in [0.1, 0.15) is 5.69 Å². The van der Waals surface area contributed by atoms with Crippen molar-refractivity contribution in [3.05, 3.63) is 57.8 Å². The third-order valence-electron chi connectivity index (χ3n) is 2.42. The lowest BCUT2D eigenvalue weighted by molar-refractivity contribution is 0.0696. The highest BCUT2D eigenvalue weighted by molar-refractivity contribution is 6.34. The molecule has 2 N–H and O–H groups in total. The van der Waals surface area contributed by atoms with E-state index in [-0.39, 0.29) is 22.0 Å². The van der Waals surface area contributed by atoms with Gasteiger partial charge in [-0.05, 0) is 30.3 Å². The summed E-state index contributed by atoms with van der Waals surface area (Å²) in [6.07, 6.45) is 1.34. The number of hydrogen-bond acceptors (Lipinski definition) is 3. The van der Waals surface area contributed by atoms with Gasteiger partial charge in [-0.25, -0.2) is 9.78 Å². The Labute approximate surface area is 124 Å². The molecule has 0 spiro atoms. The van der Waals surface area contributed by atoms with Gasteiger partial charge in [0.05, 0.1) is 21.3 Å². The van der Waals surface area contributed by atoms with Crippen molar-refractivity contribution < 1.29 is 14.7 Å². The molecule has 0 unspecified atom stereocenters. The van der Waals surface area contributed by atoms with Crippen molar-refractivity contribution in [2.24, 2.45) is 0 Å². The van der Waals surface area contributed by atoms with Crippen LogP contribution >= 0.6 is 23.2 Å². The van der Waals surface area contributed by atoms with Crippen LogP contribution in [0.15, 0.2) is 36.5 Å². The Balaban J connectivity index is 2.25. The SMILES string of the molecule is O=C(O)c1ccc(Cl)c(NC(=O)c2ccc(Cl)cn2)c1. The summed E-state index contributed by atoms with van der Waals surface area (Å²) in [6.45, 7) is 0. The molecule has 0 bridgehead atoms. The van der Waals surface area contributed by atoms with Crippen LogP contribution in [0.4, 0.5) is 5.69 Å². The smallest absolute Gasteiger partial charge is 0.335 e. The molecule has 102 valence electrons. The van der Waals surface area contributed by atoms with Gasteiger partial charge < -0.3 is 10.4 Å². The van der Waals surface area contributed by atoms with Crippen LogP contribution in [0.2, 0.25) is 10.0 Å². The number of carbonyl (C=O) groups excluding carboxylic acids is 1. The van der Waals surface area contributed by atoms with Gasteiger partial charge in [-0.1, -0.05) is 23.2 Å². The number of halogens is 2. The second-order valence-corrected chi connectivity index (χ2v) is 4.66. The van der Waals surface area contributed by atoms with E-state index in [2.05, 4.69) is 10.3 Å². The van der Waals surface area contributed by atoms with Gasteiger partial charge in [-0.2, -0.15) is 0 Å². The molecule has 2 aromatic rings. The molecule has 7 heteroatoms. The Morgan fingerprint density at radius 2 is 1.90 bits per heavy atom. The molecule has 1 amide bonds. The second kappa shape index (κ2) is 5.90. The number of pyridine rings is 1. The lowest BCUT2D eigenvalue weighted by atomic mass is 10.2. The van der Waals surface area contributed by atoms with E-state index in [9.17, 15) is 9.59 Å². The maximum Gasteiger partial charge on any atom is 0.335 e. The molecule has 1 aromatic heterocycles. The molecular formula is C13H8Cl2N2O3. The number of carbonyl (C=O) groups is 2. The van der Waals surface area contributed by atoms with Crippen molar-refractivity contribution in [2.75, 3.05) is 5.32 Å². The number of carboxylic acid groups (broad SMARTS) is 1. The standard InChI is InChI=1S/C13H8Cl2N2O3/c14-8-2-4-10(16-6-8)12(18)17-11-5-7(13(19)20)1-3-9(11)15/h1-6H,(H,17,18)(H,19,20). The van der Waals surface area contributed by atoms with E-state index in [0.717, 1.165) is 0 Å². The number of carboxylic acids is 1. The zero-order valence-electron chi connectivity index (χ0n) is 9.93. The van der Waals surface area contributed by atoms with E-state index in [1.807, 2.05) is 0 Å². The van der Waals surface area contributed by atoms with Gasteiger partial charge in [0, 0.05) is 6.20 Å². The molecule has 0 aliphatic carbocycles. The second-order valence-electron chi connectivity index (χ2n) is 3.82. The number of anilines is 1. The Kier molecular flexibility index (Phi) is 4.22. The van der Waals surface area contributed by atoms with Gasteiger partial charge in [0.25, 0.3) is 5.91 Å². The minimum Gasteiger partial charge on any atom is -0.478 e. The van der Waals surface area contributed by atoms with Crippen LogP contribution in [0.25, 0.3) is 0 Å². The number of amides is 1. The molecule has 0 saturated carbocycles. The third-order valence-corrected chi connectivity index (χ3v) is 2.97. The van der Waals surface area contributed by atoms with E-state index in [4.69, 9.17) is 28.3 Å². The molecule has 5 nitrogen and oxygen atoms in total. The predicted octanol–water partition coefficient (Wildman–Crippen LogP) is 3.34. The molecule has 0 aliphatic rings. The van der Waals surface area contributed by atoms with Crippen molar-refractivity contribution in [3.8, 4) is 0 Å². The Morgan fingerprint density at radius 1 is 1.15 bits per heavy atom. The summed E-state index contributed by atoms with van der Waals surface area (Å²) in [6, 6.07) is 7.00. The Morgan fingerprint density at radius 3 is 2.50 bits per heavy atom. The molecule has 0 atom stereocenters. The quantitative estimate of drug-likeness (QED) is 0.911. The third kappa shape index (κ3) is 3.26. The molecular weight excluding hydrogens is 303 g/mol. The van der Waals surface area contributed by atoms with Crippen LogP contribution in [0.3, 0.4) is 0 Å². The number of nitrogens with one attached hydrogen (secondary N) is 1. The summed E-state index contributed by atoms with van der Waals surface area (Å²) in [7, 11) is 0. The maximum absolute atomic E-state index is 11.9. The van der Waals surface area contributed by atoms with E-state index in [0.29, 0.717) is 5.02 Å². The highest BCUT2D eigenvalue weighted by atomic mass is 35.5. The van der Waals surface area contributed by atoms with E-state index in [1.54, 1.807) is 0 Å². The first-order valence-corrected chi connectivity index (χ1v) is 6.18. The summed E-state index contributed by atoms with van der Waals surface area (Å²) in [5, 5.41) is 12.0. The first kappa shape index (κ1) is 14.3. The maximum atomic E-state index is 11.9. The van der Waals surface area contributed by atoms with Gasteiger partial charge in [0.2, 0.25) is 0 Å². The van der Waals surface area contributed by atoms with Crippen molar-refractivity contribution in [1.82, 2.24) is 4.98 Å². The summed E-state index contributed by atoms with van der Waals surface area (Å²) in [5.41, 5.74) is 0.369. The van der Waals surface area contributed by atoms with Crippen molar-refractivity contribution in [2.45, 2.75) is 0 Å². The summed E-state index contributed by atoms with van der Waals surface area (Å²) in [4.78, 5) is 26.7. The summed E-state index contributed by atoms with van der Waals surface area (Å²) < 4.78 is 0. The largest absolute Gasteiger partial charge is 0.478 e. The molecule has 2 rings (SSSR count). The Hall–Kier alpha value is -2.11. The first-order chi connectivity index (χ1) is 9.47. The molecule has 0 saturated heterocycles. The minimum absolute atomic E-state index is 0.0220. The van der Waals surface area contributed by atoms with E-state index >= 15 is 0 Å². The Bertz CT molecular complexity index is 672. The highest BCUT2D eigenvalue weighted by Gasteiger charge is 2.12. The zero-order valence-corrected chi connectivity index (χ0v) is 11.4. The number of hydrogen-bond donors (Lipinski definition) is 2. The molecule has 1 heterocycles. The first-order valence-electron chi connectivity index (χ1n) is 5.43. The minimum atomic E-state index is -1.11. The molecule has 20 heavy (non-hydrogen) atoms. The topological polar surface area (TPSA) is 79.3 Å². The summed E-state index contributed by atoms with van der Waals surface area (Å²) in [5.74, 6) is -1.62. The van der Waals surface area contributed by atoms with Gasteiger partial charge in [-0.15, -0.1) is 0 Å². The highest BCUT2D eigenvalue weighted by Crippen LogP contribution is 2.23. The number of aromatic carboxylic acids is 1.